The van der Waals surface area contributed by atoms with E-state index < -0.39 is 0 Å². The Morgan fingerprint density at radius 1 is 1.50 bits per heavy atom. The Morgan fingerprint density at radius 3 is 3.00 bits per heavy atom. The van der Waals surface area contributed by atoms with Crippen LogP contribution in [0.15, 0.2) is 18.2 Å². The Bertz CT molecular complexity index is 506. The molecule has 2 heterocycles. The van der Waals surface area contributed by atoms with E-state index in [1.54, 1.807) is 11.6 Å². The molecule has 0 aliphatic rings. The number of aliphatic hydroxyl groups is 1. The number of aliphatic hydroxyl groups excluding tert-OH is 1. The van der Waals surface area contributed by atoms with E-state index >= 15 is 0 Å². The summed E-state index contributed by atoms with van der Waals surface area (Å²) >= 11 is 0. The number of anilines is 1. The number of hydrogen-bond acceptors (Lipinski definition) is 5. The average Bonchev–Trinajstić information content (AvgIpc) is 2.74. The second-order valence-electron chi connectivity index (χ2n) is 4.18. The molecule has 0 spiro atoms. The third-order valence-electron chi connectivity index (χ3n) is 2.73. The van der Waals surface area contributed by atoms with E-state index in [0.29, 0.717) is 19.0 Å². The third kappa shape index (κ3) is 2.77. The van der Waals surface area contributed by atoms with Crippen LogP contribution in [-0.4, -0.2) is 46.1 Å². The quantitative estimate of drug-likeness (QED) is 0.795. The van der Waals surface area contributed by atoms with Gasteiger partial charge < -0.3 is 15.2 Å². The number of rotatable bonds is 6. The summed E-state index contributed by atoms with van der Waals surface area (Å²) in [5.41, 5.74) is 1.83. The number of hydrogen-bond donors (Lipinski definition) is 2. The van der Waals surface area contributed by atoms with Gasteiger partial charge in [0.2, 0.25) is 5.95 Å². The topological polar surface area (TPSA) is 71.7 Å². The number of nitrogens with zero attached hydrogens (tertiary/aromatic N) is 3. The summed E-state index contributed by atoms with van der Waals surface area (Å²) < 4.78 is 6.87. The molecule has 0 amide bonds. The summed E-state index contributed by atoms with van der Waals surface area (Å²) in [4.78, 5) is 4.38. The normalized spacial score (nSPS) is 12.8. The smallest absolute Gasteiger partial charge is 0.243 e. The first kappa shape index (κ1) is 12.8. The van der Waals surface area contributed by atoms with Crippen LogP contribution < -0.4 is 5.32 Å². The van der Waals surface area contributed by atoms with Gasteiger partial charge >= 0.3 is 0 Å². The molecule has 0 saturated heterocycles. The highest BCUT2D eigenvalue weighted by Gasteiger charge is 2.11. The van der Waals surface area contributed by atoms with Crippen molar-refractivity contribution in [2.24, 2.45) is 0 Å². The molecule has 2 rings (SSSR count). The number of aromatic nitrogens is 3. The molecule has 6 nitrogen and oxygen atoms in total. The Hall–Kier alpha value is -1.66. The molecule has 1 atom stereocenters. The SMILES string of the molecule is COCC(CCO)Nc1nc2cccc(C)n2n1. The van der Waals surface area contributed by atoms with Crippen LogP contribution in [0.3, 0.4) is 0 Å². The van der Waals surface area contributed by atoms with E-state index in [9.17, 15) is 0 Å². The van der Waals surface area contributed by atoms with Gasteiger partial charge in [-0.3, -0.25) is 0 Å². The molecule has 98 valence electrons. The fourth-order valence-corrected chi connectivity index (χ4v) is 1.83. The van der Waals surface area contributed by atoms with Crippen molar-refractivity contribution >= 4 is 11.6 Å². The van der Waals surface area contributed by atoms with Crippen molar-refractivity contribution in [1.82, 2.24) is 14.6 Å². The van der Waals surface area contributed by atoms with Crippen LogP contribution in [0.2, 0.25) is 0 Å². The molecule has 0 bridgehead atoms. The van der Waals surface area contributed by atoms with Gasteiger partial charge in [0.25, 0.3) is 0 Å². The standard InChI is InChI=1S/C12H18N4O2/c1-9-4-3-5-11-14-12(15-16(9)11)13-10(6-7-17)8-18-2/h3-5,10,17H,6-8H2,1-2H3,(H,13,15). The summed E-state index contributed by atoms with van der Waals surface area (Å²) in [7, 11) is 1.63. The molecule has 0 aliphatic carbocycles. The zero-order chi connectivity index (χ0) is 13.0. The highest BCUT2D eigenvalue weighted by Crippen LogP contribution is 2.10. The fourth-order valence-electron chi connectivity index (χ4n) is 1.83. The van der Waals surface area contributed by atoms with Gasteiger partial charge in [0.05, 0.1) is 12.6 Å². The van der Waals surface area contributed by atoms with Gasteiger partial charge in [-0.25, -0.2) is 4.52 Å². The molecule has 0 radical (unpaired) electrons. The van der Waals surface area contributed by atoms with E-state index in [1.165, 1.54) is 0 Å². The lowest BCUT2D eigenvalue weighted by Gasteiger charge is -2.14. The van der Waals surface area contributed by atoms with Crippen molar-refractivity contribution < 1.29 is 9.84 Å². The van der Waals surface area contributed by atoms with Crippen molar-refractivity contribution in [1.29, 1.82) is 0 Å². The molecule has 2 aromatic rings. The maximum atomic E-state index is 8.98. The number of pyridine rings is 1. The van der Waals surface area contributed by atoms with Crippen molar-refractivity contribution in [3.8, 4) is 0 Å². The Morgan fingerprint density at radius 2 is 2.33 bits per heavy atom. The lowest BCUT2D eigenvalue weighted by Crippen LogP contribution is -2.26. The number of nitrogens with one attached hydrogen (secondary N) is 1. The summed E-state index contributed by atoms with van der Waals surface area (Å²) in [6.45, 7) is 2.59. The van der Waals surface area contributed by atoms with E-state index in [-0.39, 0.29) is 12.6 Å². The van der Waals surface area contributed by atoms with Crippen molar-refractivity contribution in [2.45, 2.75) is 19.4 Å². The van der Waals surface area contributed by atoms with Crippen molar-refractivity contribution in [2.75, 3.05) is 25.6 Å². The van der Waals surface area contributed by atoms with Gasteiger partial charge in [-0.1, -0.05) is 6.07 Å². The molecule has 1 unspecified atom stereocenters. The molecule has 0 saturated carbocycles. The van der Waals surface area contributed by atoms with Crippen LogP contribution >= 0.6 is 0 Å². The average molecular weight is 250 g/mol. The summed E-state index contributed by atoms with van der Waals surface area (Å²) in [5.74, 6) is 0.555. The van der Waals surface area contributed by atoms with Crippen LogP contribution in [0, 0.1) is 6.92 Å². The van der Waals surface area contributed by atoms with Gasteiger partial charge in [0.1, 0.15) is 0 Å². The van der Waals surface area contributed by atoms with Gasteiger partial charge in [-0.05, 0) is 25.5 Å². The Kier molecular flexibility index (Phi) is 4.11. The zero-order valence-electron chi connectivity index (χ0n) is 10.6. The maximum absolute atomic E-state index is 8.98. The highest BCUT2D eigenvalue weighted by molar-refractivity contribution is 5.44. The van der Waals surface area contributed by atoms with Crippen LogP contribution in [0.4, 0.5) is 5.95 Å². The summed E-state index contributed by atoms with van der Waals surface area (Å²) in [6, 6.07) is 5.84. The van der Waals surface area contributed by atoms with Crippen molar-refractivity contribution in [3.63, 3.8) is 0 Å². The number of ether oxygens (including phenoxy) is 1. The first-order valence-corrected chi connectivity index (χ1v) is 5.93. The largest absolute Gasteiger partial charge is 0.396 e. The van der Waals surface area contributed by atoms with E-state index in [4.69, 9.17) is 9.84 Å². The summed E-state index contributed by atoms with van der Waals surface area (Å²) in [5, 5.41) is 16.5. The second-order valence-corrected chi connectivity index (χ2v) is 4.18. The fraction of sp³-hybridized carbons (Fsp3) is 0.500. The monoisotopic (exact) mass is 250 g/mol. The number of fused-ring (bicyclic) bond motifs is 1. The molecule has 18 heavy (non-hydrogen) atoms. The number of methoxy groups -OCH3 is 1. The van der Waals surface area contributed by atoms with E-state index in [0.717, 1.165) is 11.3 Å². The Labute approximate surface area is 106 Å². The molecular weight excluding hydrogens is 232 g/mol. The molecular formula is C12H18N4O2. The molecule has 0 fully saturated rings. The van der Waals surface area contributed by atoms with Gasteiger partial charge in [0.15, 0.2) is 5.65 Å². The molecule has 0 aromatic carbocycles. The van der Waals surface area contributed by atoms with E-state index in [2.05, 4.69) is 15.4 Å². The highest BCUT2D eigenvalue weighted by atomic mass is 16.5. The predicted molar refractivity (Wildman–Crippen MR) is 68.7 cm³/mol. The minimum atomic E-state index is 0.0118. The Balaban J connectivity index is 2.17. The predicted octanol–water partition coefficient (Wildman–Crippen LogP) is 0.847. The van der Waals surface area contributed by atoms with Crippen LogP contribution in [0.5, 0.6) is 0 Å². The number of aryl methyl sites for hydroxylation is 1. The van der Waals surface area contributed by atoms with Gasteiger partial charge in [0, 0.05) is 19.4 Å². The van der Waals surface area contributed by atoms with E-state index in [1.807, 2.05) is 25.1 Å². The van der Waals surface area contributed by atoms with Crippen LogP contribution in [0.25, 0.3) is 5.65 Å². The first-order valence-electron chi connectivity index (χ1n) is 5.93. The first-order chi connectivity index (χ1) is 8.74. The molecule has 0 aliphatic heterocycles. The molecule has 6 heteroatoms. The zero-order valence-corrected chi connectivity index (χ0v) is 10.6. The maximum Gasteiger partial charge on any atom is 0.243 e. The third-order valence-corrected chi connectivity index (χ3v) is 2.73. The van der Waals surface area contributed by atoms with Crippen LogP contribution in [0.1, 0.15) is 12.1 Å². The lowest BCUT2D eigenvalue weighted by molar-refractivity contribution is 0.170. The van der Waals surface area contributed by atoms with Crippen LogP contribution in [-0.2, 0) is 4.74 Å². The lowest BCUT2D eigenvalue weighted by atomic mass is 10.2. The molecule has 2 N–H and O–H groups in total. The summed E-state index contributed by atoms with van der Waals surface area (Å²) in [6.07, 6.45) is 0.600. The van der Waals surface area contributed by atoms with Crippen molar-refractivity contribution in [3.05, 3.63) is 23.9 Å². The minimum absolute atomic E-state index is 0.0118. The van der Waals surface area contributed by atoms with Gasteiger partial charge in [-0.2, -0.15) is 4.98 Å². The minimum Gasteiger partial charge on any atom is -0.396 e. The van der Waals surface area contributed by atoms with Gasteiger partial charge in [-0.15, -0.1) is 5.10 Å². The second kappa shape index (κ2) is 5.79. The molecule has 2 aromatic heterocycles.